The highest BCUT2D eigenvalue weighted by atomic mass is 16.5. The molecule has 1 saturated heterocycles. The van der Waals surface area contributed by atoms with Crippen molar-refractivity contribution in [1.82, 2.24) is 4.90 Å². The smallest absolute Gasteiger partial charge is 0.488 e. The van der Waals surface area contributed by atoms with Crippen molar-refractivity contribution >= 4 is 12.6 Å². The summed E-state index contributed by atoms with van der Waals surface area (Å²) in [6.45, 7) is 4.98. The van der Waals surface area contributed by atoms with Gasteiger partial charge in [0, 0.05) is 12.6 Å². The van der Waals surface area contributed by atoms with Gasteiger partial charge in [0.2, 0.25) is 0 Å². The van der Waals surface area contributed by atoms with Crippen molar-refractivity contribution in [2.75, 3.05) is 19.7 Å². The minimum atomic E-state index is -1.44. The van der Waals surface area contributed by atoms with E-state index in [0.717, 1.165) is 13.1 Å². The van der Waals surface area contributed by atoms with E-state index in [9.17, 15) is 0 Å². The van der Waals surface area contributed by atoms with E-state index in [2.05, 4.69) is 11.8 Å². The molecule has 0 radical (unpaired) electrons. The molecule has 2 N–H and O–H groups in total. The van der Waals surface area contributed by atoms with Crippen LogP contribution in [-0.2, 0) is 0 Å². The van der Waals surface area contributed by atoms with E-state index in [0.29, 0.717) is 23.9 Å². The predicted molar refractivity (Wildman–Crippen MR) is 76.6 cm³/mol. The third-order valence-corrected chi connectivity index (χ3v) is 3.74. The molecule has 1 aliphatic rings. The summed E-state index contributed by atoms with van der Waals surface area (Å²) in [7, 11) is -1.44. The molecule has 4 nitrogen and oxygen atoms in total. The van der Waals surface area contributed by atoms with Gasteiger partial charge in [0.25, 0.3) is 0 Å². The molecular weight excluding hydrogens is 241 g/mol. The lowest BCUT2D eigenvalue weighted by Crippen LogP contribution is -2.40. The fourth-order valence-corrected chi connectivity index (χ4v) is 2.54. The third kappa shape index (κ3) is 4.23. The molecule has 0 aromatic heterocycles. The maximum atomic E-state index is 9.10. The third-order valence-electron chi connectivity index (χ3n) is 3.74. The Bertz CT molecular complexity index is 400. The SMILES string of the molecule is CC1CCCCN1CCOc1cccc(B(O)O)c1. The second-order valence-corrected chi connectivity index (χ2v) is 5.18. The van der Waals surface area contributed by atoms with Crippen LogP contribution in [0.1, 0.15) is 26.2 Å². The van der Waals surface area contributed by atoms with Gasteiger partial charge < -0.3 is 14.8 Å². The standard InChI is InChI=1S/C14H22BNO3/c1-12-5-2-3-8-16(12)9-10-19-14-7-4-6-13(11-14)15(17)18/h4,6-7,11-12,17-18H,2-3,5,8-10H2,1H3. The number of benzene rings is 1. The van der Waals surface area contributed by atoms with Gasteiger partial charge in [-0.25, -0.2) is 0 Å². The van der Waals surface area contributed by atoms with Crippen molar-refractivity contribution in [3.8, 4) is 5.75 Å². The molecule has 0 saturated carbocycles. The molecule has 1 atom stereocenters. The van der Waals surface area contributed by atoms with E-state index in [1.165, 1.54) is 19.3 Å². The molecule has 1 aliphatic heterocycles. The monoisotopic (exact) mass is 263 g/mol. The Balaban J connectivity index is 1.80. The quantitative estimate of drug-likeness (QED) is 0.765. The molecule has 19 heavy (non-hydrogen) atoms. The number of ether oxygens (including phenoxy) is 1. The Morgan fingerprint density at radius 1 is 1.37 bits per heavy atom. The Morgan fingerprint density at radius 2 is 2.21 bits per heavy atom. The minimum Gasteiger partial charge on any atom is -0.492 e. The number of hydrogen-bond donors (Lipinski definition) is 2. The van der Waals surface area contributed by atoms with Crippen LogP contribution < -0.4 is 10.2 Å². The number of nitrogens with zero attached hydrogens (tertiary/aromatic N) is 1. The first-order chi connectivity index (χ1) is 9.16. The maximum absolute atomic E-state index is 9.10. The zero-order valence-corrected chi connectivity index (χ0v) is 11.5. The topological polar surface area (TPSA) is 52.9 Å². The summed E-state index contributed by atoms with van der Waals surface area (Å²) < 4.78 is 5.68. The molecule has 2 rings (SSSR count). The van der Waals surface area contributed by atoms with E-state index in [-0.39, 0.29) is 0 Å². The Hall–Kier alpha value is -1.04. The van der Waals surface area contributed by atoms with Crippen molar-refractivity contribution in [2.45, 2.75) is 32.2 Å². The summed E-state index contributed by atoms with van der Waals surface area (Å²) in [4.78, 5) is 2.45. The number of piperidine rings is 1. The normalized spacial score (nSPS) is 20.3. The van der Waals surface area contributed by atoms with Gasteiger partial charge in [-0.3, -0.25) is 4.90 Å². The van der Waals surface area contributed by atoms with Crippen LogP contribution in [0.2, 0.25) is 0 Å². The molecule has 104 valence electrons. The highest BCUT2D eigenvalue weighted by Gasteiger charge is 2.17. The van der Waals surface area contributed by atoms with Gasteiger partial charge in [0.15, 0.2) is 0 Å². The lowest BCUT2D eigenvalue weighted by atomic mass is 9.80. The Kier molecular flexibility index (Phi) is 5.25. The number of hydrogen-bond acceptors (Lipinski definition) is 4. The van der Waals surface area contributed by atoms with Crippen LogP contribution >= 0.6 is 0 Å². The number of rotatable bonds is 5. The van der Waals surface area contributed by atoms with Crippen LogP contribution in [0.5, 0.6) is 5.75 Å². The highest BCUT2D eigenvalue weighted by Crippen LogP contribution is 2.16. The van der Waals surface area contributed by atoms with Crippen LogP contribution in [0.15, 0.2) is 24.3 Å². The average Bonchev–Trinajstić information content (AvgIpc) is 2.41. The van der Waals surface area contributed by atoms with Crippen molar-refractivity contribution in [1.29, 1.82) is 0 Å². The first-order valence-electron chi connectivity index (χ1n) is 7.00. The fourth-order valence-electron chi connectivity index (χ4n) is 2.54. The Morgan fingerprint density at radius 3 is 2.95 bits per heavy atom. The maximum Gasteiger partial charge on any atom is 0.488 e. The highest BCUT2D eigenvalue weighted by molar-refractivity contribution is 6.58. The zero-order valence-electron chi connectivity index (χ0n) is 11.5. The molecular formula is C14H22BNO3. The van der Waals surface area contributed by atoms with Crippen LogP contribution in [0.3, 0.4) is 0 Å². The summed E-state index contributed by atoms with van der Waals surface area (Å²) in [5.74, 6) is 0.690. The van der Waals surface area contributed by atoms with Crippen molar-refractivity contribution in [3.63, 3.8) is 0 Å². The Labute approximate surface area is 115 Å². The molecule has 1 aromatic carbocycles. The van der Waals surface area contributed by atoms with E-state index in [1.807, 2.05) is 6.07 Å². The first kappa shape index (κ1) is 14.4. The zero-order chi connectivity index (χ0) is 13.7. The van der Waals surface area contributed by atoms with Crippen molar-refractivity contribution < 1.29 is 14.8 Å². The van der Waals surface area contributed by atoms with E-state index >= 15 is 0 Å². The molecule has 0 bridgehead atoms. The van der Waals surface area contributed by atoms with Gasteiger partial charge >= 0.3 is 7.12 Å². The van der Waals surface area contributed by atoms with Crippen molar-refractivity contribution in [2.24, 2.45) is 0 Å². The molecule has 0 amide bonds. The van der Waals surface area contributed by atoms with Crippen LogP contribution in [-0.4, -0.2) is 47.8 Å². The summed E-state index contributed by atoms with van der Waals surface area (Å²) in [6, 6.07) is 7.59. The molecule has 1 heterocycles. The summed E-state index contributed by atoms with van der Waals surface area (Å²) in [6.07, 6.45) is 3.87. The van der Waals surface area contributed by atoms with Gasteiger partial charge in [-0.1, -0.05) is 18.6 Å². The second kappa shape index (κ2) is 6.94. The van der Waals surface area contributed by atoms with Gasteiger partial charge in [0.05, 0.1) is 0 Å². The van der Waals surface area contributed by atoms with Crippen LogP contribution in [0.4, 0.5) is 0 Å². The van der Waals surface area contributed by atoms with Gasteiger partial charge in [-0.05, 0) is 43.9 Å². The predicted octanol–water partition coefficient (Wildman–Crippen LogP) is 0.620. The van der Waals surface area contributed by atoms with E-state index < -0.39 is 7.12 Å². The summed E-state index contributed by atoms with van der Waals surface area (Å²) in [5.41, 5.74) is 0.462. The second-order valence-electron chi connectivity index (χ2n) is 5.18. The van der Waals surface area contributed by atoms with Gasteiger partial charge in [-0.15, -0.1) is 0 Å². The average molecular weight is 263 g/mol. The lowest BCUT2D eigenvalue weighted by molar-refractivity contribution is 0.133. The van der Waals surface area contributed by atoms with Crippen molar-refractivity contribution in [3.05, 3.63) is 24.3 Å². The largest absolute Gasteiger partial charge is 0.492 e. The first-order valence-corrected chi connectivity index (χ1v) is 7.00. The summed E-state index contributed by atoms with van der Waals surface area (Å²) >= 11 is 0. The van der Waals surface area contributed by atoms with E-state index in [4.69, 9.17) is 14.8 Å². The van der Waals surface area contributed by atoms with Gasteiger partial charge in [0.1, 0.15) is 12.4 Å². The molecule has 1 fully saturated rings. The molecule has 1 aromatic rings. The fraction of sp³-hybridized carbons (Fsp3) is 0.571. The molecule has 0 spiro atoms. The van der Waals surface area contributed by atoms with Gasteiger partial charge in [-0.2, -0.15) is 0 Å². The molecule has 0 aliphatic carbocycles. The minimum absolute atomic E-state index is 0.462. The lowest BCUT2D eigenvalue weighted by Gasteiger charge is -2.33. The number of likely N-dealkylation sites (tertiary alicyclic amines) is 1. The molecule has 5 heteroatoms. The summed E-state index contributed by atoms with van der Waals surface area (Å²) in [5, 5.41) is 18.2. The van der Waals surface area contributed by atoms with Crippen LogP contribution in [0, 0.1) is 0 Å². The van der Waals surface area contributed by atoms with Crippen LogP contribution in [0.25, 0.3) is 0 Å². The van der Waals surface area contributed by atoms with E-state index in [1.54, 1.807) is 18.2 Å². The molecule has 1 unspecified atom stereocenters.